The van der Waals surface area contributed by atoms with Crippen LogP contribution in [0.15, 0.2) is 21.8 Å². The van der Waals surface area contributed by atoms with Crippen molar-refractivity contribution in [1.82, 2.24) is 20.3 Å². The molecule has 1 aliphatic heterocycles. The minimum absolute atomic E-state index is 0. The van der Waals surface area contributed by atoms with Crippen molar-refractivity contribution in [3.63, 3.8) is 0 Å². The summed E-state index contributed by atoms with van der Waals surface area (Å²) in [6.45, 7) is 5.16. The number of aromatic nitrogens is 1. The molecule has 0 aliphatic carbocycles. The van der Waals surface area contributed by atoms with Gasteiger partial charge in [0.15, 0.2) is 5.96 Å². The number of nitrogens with one attached hydrogen (secondary N) is 1. The molecule has 0 saturated carbocycles. The van der Waals surface area contributed by atoms with E-state index in [1.165, 1.54) is 19.5 Å². The molecule has 1 aliphatic rings. The van der Waals surface area contributed by atoms with E-state index >= 15 is 0 Å². The molecule has 1 aromatic heterocycles. The van der Waals surface area contributed by atoms with Gasteiger partial charge in [-0.25, -0.2) is 0 Å². The first kappa shape index (κ1) is 16.2. The number of halogens is 1. The van der Waals surface area contributed by atoms with E-state index in [0.29, 0.717) is 6.54 Å². The van der Waals surface area contributed by atoms with Crippen molar-refractivity contribution < 1.29 is 4.52 Å². The lowest BCUT2D eigenvalue weighted by atomic mass is 10.2. The Morgan fingerprint density at radius 2 is 2.37 bits per heavy atom. The Kier molecular flexibility index (Phi) is 7.14. The van der Waals surface area contributed by atoms with Crippen molar-refractivity contribution >= 4 is 29.9 Å². The fourth-order valence-corrected chi connectivity index (χ4v) is 1.95. The van der Waals surface area contributed by atoms with Crippen molar-refractivity contribution in [2.24, 2.45) is 4.99 Å². The smallest absolute Gasteiger partial charge is 0.193 e. The summed E-state index contributed by atoms with van der Waals surface area (Å²) in [5.41, 5.74) is 0.906. The van der Waals surface area contributed by atoms with Crippen molar-refractivity contribution in [2.75, 3.05) is 40.3 Å². The molecule has 0 spiro atoms. The molecular formula is C12H22IN5O. The number of guanidine groups is 1. The second kappa shape index (κ2) is 8.36. The summed E-state index contributed by atoms with van der Waals surface area (Å²) in [6, 6.07) is 1.86. The maximum absolute atomic E-state index is 4.82. The minimum atomic E-state index is 0. The molecule has 0 bridgehead atoms. The highest BCUT2D eigenvalue weighted by molar-refractivity contribution is 14.0. The zero-order chi connectivity index (χ0) is 12.8. The van der Waals surface area contributed by atoms with Crippen LogP contribution in [-0.4, -0.2) is 61.2 Å². The normalized spacial score (nSPS) is 15.6. The molecule has 0 aromatic carbocycles. The van der Waals surface area contributed by atoms with Crippen LogP contribution in [0.4, 0.5) is 0 Å². The third-order valence-electron chi connectivity index (χ3n) is 3.12. The highest BCUT2D eigenvalue weighted by Gasteiger charge is 2.13. The largest absolute Gasteiger partial charge is 0.364 e. The molecular weight excluding hydrogens is 357 g/mol. The molecule has 1 N–H and O–H groups in total. The van der Waals surface area contributed by atoms with E-state index in [9.17, 15) is 0 Å². The summed E-state index contributed by atoms with van der Waals surface area (Å²) >= 11 is 0. The summed E-state index contributed by atoms with van der Waals surface area (Å²) in [5, 5.41) is 7.25. The molecule has 2 heterocycles. The lowest BCUT2D eigenvalue weighted by Crippen LogP contribution is -2.45. The highest BCUT2D eigenvalue weighted by Crippen LogP contribution is 2.03. The van der Waals surface area contributed by atoms with Gasteiger partial charge in [0.25, 0.3) is 0 Å². The van der Waals surface area contributed by atoms with Gasteiger partial charge in [-0.1, -0.05) is 5.16 Å². The average molecular weight is 379 g/mol. The average Bonchev–Trinajstić information content (AvgIpc) is 2.79. The van der Waals surface area contributed by atoms with Gasteiger partial charge < -0.3 is 19.6 Å². The summed E-state index contributed by atoms with van der Waals surface area (Å²) in [6.07, 6.45) is 2.92. The van der Waals surface area contributed by atoms with Crippen LogP contribution in [0.1, 0.15) is 12.1 Å². The fraction of sp³-hybridized carbons (Fsp3) is 0.667. The first-order valence-electron chi connectivity index (χ1n) is 6.33. The molecule has 1 aromatic rings. The second-order valence-electron chi connectivity index (χ2n) is 4.52. The first-order chi connectivity index (χ1) is 8.79. The van der Waals surface area contributed by atoms with E-state index in [0.717, 1.165) is 24.7 Å². The lowest BCUT2D eigenvalue weighted by Gasteiger charge is -2.31. The third kappa shape index (κ3) is 4.98. The Morgan fingerprint density at radius 3 is 2.89 bits per heavy atom. The van der Waals surface area contributed by atoms with Crippen molar-refractivity contribution in [3.05, 3.63) is 18.0 Å². The van der Waals surface area contributed by atoms with Crippen LogP contribution in [0.25, 0.3) is 0 Å². The predicted octanol–water partition coefficient (Wildman–Crippen LogP) is 1.01. The number of hydrogen-bond acceptors (Lipinski definition) is 4. The van der Waals surface area contributed by atoms with Gasteiger partial charge in [-0.3, -0.25) is 4.99 Å². The zero-order valence-corrected chi connectivity index (χ0v) is 13.8. The number of nitrogens with zero attached hydrogens (tertiary/aromatic N) is 4. The molecule has 19 heavy (non-hydrogen) atoms. The number of rotatable bonds is 5. The fourth-order valence-electron chi connectivity index (χ4n) is 1.95. The van der Waals surface area contributed by atoms with E-state index in [2.05, 4.69) is 20.4 Å². The Labute approximate surface area is 131 Å². The Morgan fingerprint density at radius 1 is 1.58 bits per heavy atom. The van der Waals surface area contributed by atoms with Gasteiger partial charge in [0, 0.05) is 33.3 Å². The van der Waals surface area contributed by atoms with Crippen LogP contribution in [0.2, 0.25) is 0 Å². The molecule has 2 rings (SSSR count). The van der Waals surface area contributed by atoms with Crippen molar-refractivity contribution in [1.29, 1.82) is 0 Å². The first-order valence-corrected chi connectivity index (χ1v) is 6.33. The molecule has 1 saturated heterocycles. The molecule has 108 valence electrons. The number of aliphatic imine (C=N–C) groups is 1. The summed E-state index contributed by atoms with van der Waals surface area (Å²) in [7, 11) is 3.79. The van der Waals surface area contributed by atoms with E-state index in [1.54, 1.807) is 13.3 Å². The monoisotopic (exact) mass is 379 g/mol. The molecule has 0 unspecified atom stereocenters. The third-order valence-corrected chi connectivity index (χ3v) is 3.12. The van der Waals surface area contributed by atoms with E-state index in [-0.39, 0.29) is 24.0 Å². The second-order valence-corrected chi connectivity index (χ2v) is 4.52. The van der Waals surface area contributed by atoms with Gasteiger partial charge in [0.2, 0.25) is 0 Å². The highest BCUT2D eigenvalue weighted by atomic mass is 127. The van der Waals surface area contributed by atoms with E-state index < -0.39 is 0 Å². The molecule has 6 nitrogen and oxygen atoms in total. The van der Waals surface area contributed by atoms with Crippen LogP contribution in [0, 0.1) is 0 Å². The SMILES string of the molecule is CN=C(NCCN1CCC1)N(C)Cc1ccon1.I. The molecule has 0 radical (unpaired) electrons. The minimum Gasteiger partial charge on any atom is -0.364 e. The van der Waals surface area contributed by atoms with Gasteiger partial charge in [-0.05, 0) is 19.5 Å². The van der Waals surface area contributed by atoms with Gasteiger partial charge in [0.1, 0.15) is 12.0 Å². The van der Waals surface area contributed by atoms with Crippen LogP contribution >= 0.6 is 24.0 Å². The Balaban J connectivity index is 0.00000180. The summed E-state index contributed by atoms with van der Waals surface area (Å²) < 4.78 is 4.82. The predicted molar refractivity (Wildman–Crippen MR) is 85.8 cm³/mol. The standard InChI is InChI=1S/C12H21N5O.HI/c1-13-12(14-5-8-17-6-3-7-17)16(2)10-11-4-9-18-15-11;/h4,9H,3,5-8,10H2,1-2H3,(H,13,14);1H. The van der Waals surface area contributed by atoms with Gasteiger partial charge in [-0.15, -0.1) is 24.0 Å². The number of hydrogen-bond donors (Lipinski definition) is 1. The number of likely N-dealkylation sites (tertiary alicyclic amines) is 1. The zero-order valence-electron chi connectivity index (χ0n) is 11.5. The topological polar surface area (TPSA) is 56.9 Å². The van der Waals surface area contributed by atoms with Gasteiger partial charge >= 0.3 is 0 Å². The molecule has 7 heteroatoms. The quantitative estimate of drug-likeness (QED) is 0.470. The summed E-state index contributed by atoms with van der Waals surface area (Å²) in [4.78, 5) is 8.73. The van der Waals surface area contributed by atoms with E-state index in [4.69, 9.17) is 4.52 Å². The van der Waals surface area contributed by atoms with E-state index in [1.807, 2.05) is 18.0 Å². The van der Waals surface area contributed by atoms with Crippen LogP contribution in [0.3, 0.4) is 0 Å². The Bertz CT molecular complexity index is 377. The lowest BCUT2D eigenvalue weighted by molar-refractivity contribution is 0.184. The van der Waals surface area contributed by atoms with Crippen molar-refractivity contribution in [3.8, 4) is 0 Å². The van der Waals surface area contributed by atoms with Crippen molar-refractivity contribution in [2.45, 2.75) is 13.0 Å². The summed E-state index contributed by atoms with van der Waals surface area (Å²) in [5.74, 6) is 0.888. The molecule has 0 amide bonds. The van der Waals surface area contributed by atoms with Crippen LogP contribution in [-0.2, 0) is 6.54 Å². The van der Waals surface area contributed by atoms with Crippen LogP contribution < -0.4 is 5.32 Å². The Hall–Kier alpha value is -0.830. The molecule has 1 fully saturated rings. The van der Waals surface area contributed by atoms with Gasteiger partial charge in [0.05, 0.1) is 6.54 Å². The van der Waals surface area contributed by atoms with Crippen LogP contribution in [0.5, 0.6) is 0 Å². The molecule has 0 atom stereocenters. The maximum atomic E-state index is 4.82. The maximum Gasteiger partial charge on any atom is 0.193 e. The van der Waals surface area contributed by atoms with Gasteiger partial charge in [-0.2, -0.15) is 0 Å².